The number of phenols is 1. The molecule has 0 aliphatic carbocycles. The summed E-state index contributed by atoms with van der Waals surface area (Å²) in [6.45, 7) is 1.77. The molecule has 0 unspecified atom stereocenters. The van der Waals surface area contributed by atoms with Gasteiger partial charge in [-0.05, 0) is 29.0 Å². The topological polar surface area (TPSA) is 44.6 Å². The van der Waals surface area contributed by atoms with Gasteiger partial charge in [-0.2, -0.15) is 0 Å². The highest BCUT2D eigenvalue weighted by Crippen LogP contribution is 2.21. The Bertz CT molecular complexity index is 575. The predicted molar refractivity (Wildman–Crippen MR) is 65.0 cm³/mol. The molecule has 0 spiro atoms. The van der Waals surface area contributed by atoms with Crippen molar-refractivity contribution in [3.63, 3.8) is 0 Å². The lowest BCUT2D eigenvalue weighted by Gasteiger charge is -2.04. The predicted octanol–water partition coefficient (Wildman–Crippen LogP) is 1.90. The monoisotopic (exact) mass is 212 g/mol. The highest BCUT2D eigenvalue weighted by molar-refractivity contribution is 6.02. The molecule has 0 fully saturated rings. The van der Waals surface area contributed by atoms with Gasteiger partial charge in [-0.25, -0.2) is 0 Å². The van der Waals surface area contributed by atoms with Gasteiger partial charge in [0.1, 0.15) is 11.6 Å². The van der Waals surface area contributed by atoms with Gasteiger partial charge in [0.25, 0.3) is 0 Å². The van der Waals surface area contributed by atoms with Crippen molar-refractivity contribution >= 4 is 16.6 Å². The van der Waals surface area contributed by atoms with Gasteiger partial charge in [0.05, 0.1) is 6.54 Å². The fourth-order valence-corrected chi connectivity index (χ4v) is 1.97. The zero-order valence-electron chi connectivity index (χ0n) is 8.77. The van der Waals surface area contributed by atoms with Crippen LogP contribution in [0.4, 0.5) is 0 Å². The molecule has 2 aromatic rings. The van der Waals surface area contributed by atoms with E-state index in [0.29, 0.717) is 5.75 Å². The van der Waals surface area contributed by atoms with Gasteiger partial charge in [0, 0.05) is 12.1 Å². The average Bonchev–Trinajstić information content (AvgIpc) is 2.82. The Balaban J connectivity index is 2.12. The Hall–Kier alpha value is -2.03. The maximum atomic E-state index is 9.38. The van der Waals surface area contributed by atoms with Gasteiger partial charge in [0.15, 0.2) is 0 Å². The number of phenolic OH excluding ortho intramolecular Hbond substituents is 1. The number of nitrogens with one attached hydrogen (secondary N) is 1. The van der Waals surface area contributed by atoms with Gasteiger partial charge in [0.2, 0.25) is 0 Å². The first kappa shape index (κ1) is 9.21. The largest absolute Gasteiger partial charge is 0.508 e. The van der Waals surface area contributed by atoms with Crippen molar-refractivity contribution in [3.8, 4) is 5.75 Å². The van der Waals surface area contributed by atoms with Gasteiger partial charge in [-0.15, -0.1) is 0 Å². The van der Waals surface area contributed by atoms with Crippen molar-refractivity contribution in [2.45, 2.75) is 0 Å². The summed E-state index contributed by atoms with van der Waals surface area (Å²) in [6, 6.07) is 11.5. The lowest BCUT2D eigenvalue weighted by molar-refractivity contribution is 0.476. The van der Waals surface area contributed by atoms with E-state index < -0.39 is 0 Å². The third kappa shape index (κ3) is 1.50. The summed E-state index contributed by atoms with van der Waals surface area (Å²) < 4.78 is 0. The molecule has 0 atom stereocenters. The highest BCUT2D eigenvalue weighted by Gasteiger charge is 2.08. The third-order valence-electron chi connectivity index (χ3n) is 2.77. The van der Waals surface area contributed by atoms with Crippen LogP contribution in [-0.4, -0.2) is 24.0 Å². The molecular formula is C13H12N2O. The van der Waals surface area contributed by atoms with E-state index in [2.05, 4.69) is 16.4 Å². The van der Waals surface area contributed by atoms with E-state index in [9.17, 15) is 5.11 Å². The molecule has 1 aliphatic rings. The zero-order valence-corrected chi connectivity index (χ0v) is 8.77. The summed E-state index contributed by atoms with van der Waals surface area (Å²) in [5, 5.41) is 14.8. The van der Waals surface area contributed by atoms with Crippen LogP contribution >= 0.6 is 0 Å². The zero-order chi connectivity index (χ0) is 11.0. The van der Waals surface area contributed by atoms with Crippen LogP contribution in [0.5, 0.6) is 5.75 Å². The van der Waals surface area contributed by atoms with Crippen LogP contribution in [0.1, 0.15) is 5.56 Å². The maximum absolute atomic E-state index is 9.38. The maximum Gasteiger partial charge on any atom is 0.128 e. The van der Waals surface area contributed by atoms with Crippen LogP contribution in [0.2, 0.25) is 0 Å². The SMILES string of the molecule is Oc1ccc2cc(C3=NCCN3)ccc2c1. The molecule has 16 heavy (non-hydrogen) atoms. The fraction of sp³-hybridized carbons (Fsp3) is 0.154. The van der Waals surface area contributed by atoms with Crippen LogP contribution in [-0.2, 0) is 0 Å². The molecule has 3 nitrogen and oxygen atoms in total. The Labute approximate surface area is 93.4 Å². The first-order valence-corrected chi connectivity index (χ1v) is 5.34. The summed E-state index contributed by atoms with van der Waals surface area (Å²) in [7, 11) is 0. The molecule has 0 aromatic heterocycles. The molecule has 0 amide bonds. The van der Waals surface area contributed by atoms with E-state index in [1.807, 2.05) is 18.2 Å². The minimum Gasteiger partial charge on any atom is -0.508 e. The number of aromatic hydroxyl groups is 1. The van der Waals surface area contributed by atoms with Gasteiger partial charge in [-0.1, -0.05) is 18.2 Å². The molecule has 80 valence electrons. The van der Waals surface area contributed by atoms with E-state index in [1.165, 1.54) is 0 Å². The number of hydrogen-bond donors (Lipinski definition) is 2. The first-order valence-electron chi connectivity index (χ1n) is 5.34. The second kappa shape index (κ2) is 3.52. The van der Waals surface area contributed by atoms with Crippen LogP contribution in [0, 0.1) is 0 Å². The molecule has 2 N–H and O–H groups in total. The molecule has 0 radical (unpaired) electrons. The van der Waals surface area contributed by atoms with Crippen molar-refractivity contribution in [2.75, 3.05) is 13.1 Å². The van der Waals surface area contributed by atoms with Crippen LogP contribution in [0.15, 0.2) is 41.4 Å². The standard InChI is InChI=1S/C13H12N2O/c16-12-4-3-9-7-11(2-1-10(9)8-12)13-14-5-6-15-13/h1-4,7-8,16H,5-6H2,(H,14,15). The van der Waals surface area contributed by atoms with E-state index in [1.54, 1.807) is 12.1 Å². The van der Waals surface area contributed by atoms with Crippen LogP contribution in [0.3, 0.4) is 0 Å². The minimum atomic E-state index is 0.302. The first-order chi connectivity index (χ1) is 7.83. The molecular weight excluding hydrogens is 200 g/mol. The number of amidine groups is 1. The Morgan fingerprint density at radius 1 is 1.06 bits per heavy atom. The number of benzene rings is 2. The smallest absolute Gasteiger partial charge is 0.128 e. The number of hydrogen-bond acceptors (Lipinski definition) is 3. The van der Waals surface area contributed by atoms with Gasteiger partial charge in [-0.3, -0.25) is 4.99 Å². The Kier molecular flexibility index (Phi) is 2.03. The summed E-state index contributed by atoms with van der Waals surface area (Å²) in [5.74, 6) is 1.27. The Morgan fingerprint density at radius 2 is 1.88 bits per heavy atom. The number of aliphatic imine (C=N–C) groups is 1. The molecule has 3 rings (SSSR count). The van der Waals surface area contributed by atoms with Crippen molar-refractivity contribution in [3.05, 3.63) is 42.0 Å². The fourth-order valence-electron chi connectivity index (χ4n) is 1.97. The van der Waals surface area contributed by atoms with E-state index in [4.69, 9.17) is 0 Å². The molecule has 2 aromatic carbocycles. The highest BCUT2D eigenvalue weighted by atomic mass is 16.3. The third-order valence-corrected chi connectivity index (χ3v) is 2.77. The molecule has 3 heteroatoms. The van der Waals surface area contributed by atoms with Crippen molar-refractivity contribution in [2.24, 2.45) is 4.99 Å². The van der Waals surface area contributed by atoms with E-state index >= 15 is 0 Å². The molecule has 0 saturated carbocycles. The lowest BCUT2D eigenvalue weighted by atomic mass is 10.1. The second-order valence-electron chi connectivity index (χ2n) is 3.90. The van der Waals surface area contributed by atoms with E-state index in [-0.39, 0.29) is 0 Å². The van der Waals surface area contributed by atoms with Crippen molar-refractivity contribution < 1.29 is 5.11 Å². The summed E-state index contributed by atoms with van der Waals surface area (Å²) in [4.78, 5) is 4.39. The molecule has 0 bridgehead atoms. The second-order valence-corrected chi connectivity index (χ2v) is 3.90. The van der Waals surface area contributed by atoms with Crippen molar-refractivity contribution in [1.82, 2.24) is 5.32 Å². The van der Waals surface area contributed by atoms with Gasteiger partial charge >= 0.3 is 0 Å². The molecule has 1 heterocycles. The van der Waals surface area contributed by atoms with Crippen molar-refractivity contribution in [1.29, 1.82) is 0 Å². The van der Waals surface area contributed by atoms with Crippen LogP contribution < -0.4 is 5.32 Å². The summed E-state index contributed by atoms with van der Waals surface area (Å²) in [5.41, 5.74) is 1.11. The normalized spacial score (nSPS) is 14.9. The average molecular weight is 212 g/mol. The summed E-state index contributed by atoms with van der Waals surface area (Å²) in [6.07, 6.45) is 0. The molecule has 0 saturated heterocycles. The summed E-state index contributed by atoms with van der Waals surface area (Å²) >= 11 is 0. The number of rotatable bonds is 1. The lowest BCUT2D eigenvalue weighted by Crippen LogP contribution is -2.19. The van der Waals surface area contributed by atoms with Gasteiger partial charge < -0.3 is 10.4 Å². The Morgan fingerprint density at radius 3 is 2.69 bits per heavy atom. The number of nitrogens with zero attached hydrogens (tertiary/aromatic N) is 1. The quantitative estimate of drug-likeness (QED) is 0.758. The van der Waals surface area contributed by atoms with E-state index in [0.717, 1.165) is 35.3 Å². The molecule has 1 aliphatic heterocycles. The number of fused-ring (bicyclic) bond motifs is 1. The van der Waals surface area contributed by atoms with Crippen LogP contribution in [0.25, 0.3) is 10.8 Å². The minimum absolute atomic E-state index is 0.302.